The van der Waals surface area contributed by atoms with E-state index in [2.05, 4.69) is 5.32 Å². The molecule has 0 bridgehead atoms. The minimum Gasteiger partial charge on any atom is -0.455 e. The molecule has 0 aliphatic carbocycles. The van der Waals surface area contributed by atoms with Crippen molar-refractivity contribution >= 4 is 40.6 Å². The Morgan fingerprint density at radius 3 is 2.50 bits per heavy atom. The van der Waals surface area contributed by atoms with E-state index in [1.165, 1.54) is 11.3 Å². The van der Waals surface area contributed by atoms with Crippen molar-refractivity contribution in [2.24, 2.45) is 5.92 Å². The van der Waals surface area contributed by atoms with Crippen molar-refractivity contribution in [2.45, 2.75) is 12.8 Å². The molecule has 0 saturated carbocycles. The van der Waals surface area contributed by atoms with E-state index in [1.807, 2.05) is 17.5 Å². The lowest BCUT2D eigenvalue weighted by atomic mass is 9.98. The quantitative estimate of drug-likeness (QED) is 0.411. The molecule has 34 heavy (non-hydrogen) atoms. The predicted octanol–water partition coefficient (Wildman–Crippen LogP) is 4.01. The second-order valence-corrected chi connectivity index (χ2v) is 8.91. The van der Waals surface area contributed by atoms with Crippen LogP contribution in [-0.2, 0) is 14.3 Å². The van der Waals surface area contributed by atoms with E-state index in [-0.39, 0.29) is 18.2 Å². The molecule has 174 valence electrons. The molecule has 1 atom stereocenters. The molecular weight excluding hydrogens is 452 g/mol. The summed E-state index contributed by atoms with van der Waals surface area (Å²) < 4.78 is 5.25. The molecule has 1 aromatic heterocycles. The fraction of sp³-hybridized carbons (Fsp3) is 0.231. The maximum Gasteiger partial charge on any atom is 0.311 e. The van der Waals surface area contributed by atoms with Gasteiger partial charge in [0.15, 0.2) is 12.4 Å². The molecular formula is C26H24N2O5S. The van der Waals surface area contributed by atoms with Gasteiger partial charge in [-0.3, -0.25) is 19.2 Å². The number of esters is 1. The highest BCUT2D eigenvalue weighted by molar-refractivity contribution is 7.12. The Morgan fingerprint density at radius 1 is 0.971 bits per heavy atom. The van der Waals surface area contributed by atoms with Gasteiger partial charge in [0.1, 0.15) is 0 Å². The van der Waals surface area contributed by atoms with Crippen molar-refractivity contribution in [3.63, 3.8) is 0 Å². The third-order valence-corrected chi connectivity index (χ3v) is 6.46. The zero-order valence-electron chi connectivity index (χ0n) is 18.4. The van der Waals surface area contributed by atoms with E-state index in [1.54, 1.807) is 59.5 Å². The molecule has 1 aliphatic heterocycles. The standard InChI is InChI=1S/C26H24N2O5S/c29-23(27-21-12-5-4-11-20(21)24(30)18-8-2-1-3-9-18)17-33-26(32)19-10-6-14-28(16-19)25(31)22-13-7-15-34-22/h1-5,7-9,11-13,15,19H,6,10,14,16-17H2,(H,27,29)/t19-/m1/s1. The van der Waals surface area contributed by atoms with Crippen LogP contribution in [0.5, 0.6) is 0 Å². The lowest BCUT2D eigenvalue weighted by Crippen LogP contribution is -2.43. The number of benzene rings is 2. The van der Waals surface area contributed by atoms with Crippen LogP contribution in [0.25, 0.3) is 0 Å². The first-order valence-electron chi connectivity index (χ1n) is 11.0. The topological polar surface area (TPSA) is 92.8 Å². The van der Waals surface area contributed by atoms with Crippen molar-refractivity contribution < 1.29 is 23.9 Å². The van der Waals surface area contributed by atoms with Gasteiger partial charge in [-0.1, -0.05) is 48.5 Å². The van der Waals surface area contributed by atoms with E-state index in [0.29, 0.717) is 41.1 Å². The number of hydrogen-bond acceptors (Lipinski definition) is 6. The maximum absolute atomic E-state index is 12.8. The number of rotatable bonds is 7. The second-order valence-electron chi connectivity index (χ2n) is 7.96. The largest absolute Gasteiger partial charge is 0.455 e. The van der Waals surface area contributed by atoms with E-state index in [0.717, 1.165) is 0 Å². The van der Waals surface area contributed by atoms with Gasteiger partial charge in [0.05, 0.1) is 16.5 Å². The highest BCUT2D eigenvalue weighted by atomic mass is 32.1. The van der Waals surface area contributed by atoms with Gasteiger partial charge >= 0.3 is 5.97 Å². The van der Waals surface area contributed by atoms with Crippen molar-refractivity contribution in [1.82, 2.24) is 4.90 Å². The highest BCUT2D eigenvalue weighted by Gasteiger charge is 2.30. The molecule has 1 N–H and O–H groups in total. The number of thiophene rings is 1. The average molecular weight is 477 g/mol. The van der Waals surface area contributed by atoms with Gasteiger partial charge in [-0.15, -0.1) is 11.3 Å². The van der Waals surface area contributed by atoms with Crippen molar-refractivity contribution in [1.29, 1.82) is 0 Å². The van der Waals surface area contributed by atoms with Gasteiger partial charge < -0.3 is 15.0 Å². The van der Waals surface area contributed by atoms with Crippen molar-refractivity contribution in [3.05, 3.63) is 88.1 Å². The van der Waals surface area contributed by atoms with Crippen LogP contribution in [0, 0.1) is 5.92 Å². The monoisotopic (exact) mass is 476 g/mol. The summed E-state index contributed by atoms with van der Waals surface area (Å²) in [6.07, 6.45) is 1.29. The van der Waals surface area contributed by atoms with Crippen LogP contribution in [0.15, 0.2) is 72.1 Å². The zero-order valence-corrected chi connectivity index (χ0v) is 19.3. The van der Waals surface area contributed by atoms with E-state index in [9.17, 15) is 19.2 Å². The van der Waals surface area contributed by atoms with Gasteiger partial charge in [0.25, 0.3) is 11.8 Å². The normalized spacial score (nSPS) is 15.4. The van der Waals surface area contributed by atoms with Gasteiger partial charge in [-0.05, 0) is 36.4 Å². The lowest BCUT2D eigenvalue weighted by molar-refractivity contribution is -0.152. The molecule has 8 heteroatoms. The first-order valence-corrected chi connectivity index (χ1v) is 11.9. The molecule has 2 amide bonds. The van der Waals surface area contributed by atoms with Crippen LogP contribution in [0.2, 0.25) is 0 Å². The van der Waals surface area contributed by atoms with Gasteiger partial charge in [-0.25, -0.2) is 0 Å². The van der Waals surface area contributed by atoms with Crippen LogP contribution in [0.3, 0.4) is 0 Å². The molecule has 0 spiro atoms. The second kappa shape index (κ2) is 10.9. The molecule has 7 nitrogen and oxygen atoms in total. The molecule has 4 rings (SSSR count). The third kappa shape index (κ3) is 5.58. The summed E-state index contributed by atoms with van der Waals surface area (Å²) in [4.78, 5) is 52.8. The summed E-state index contributed by atoms with van der Waals surface area (Å²) in [5.74, 6) is -1.83. The van der Waals surface area contributed by atoms with E-state index in [4.69, 9.17) is 4.74 Å². The van der Waals surface area contributed by atoms with Gasteiger partial charge in [0.2, 0.25) is 0 Å². The molecule has 1 fully saturated rings. The average Bonchev–Trinajstić information content (AvgIpc) is 3.42. The summed E-state index contributed by atoms with van der Waals surface area (Å²) in [5.41, 5.74) is 1.21. The van der Waals surface area contributed by atoms with E-state index < -0.39 is 24.4 Å². The number of carbonyl (C=O) groups excluding carboxylic acids is 4. The van der Waals surface area contributed by atoms with E-state index >= 15 is 0 Å². The van der Waals surface area contributed by atoms with Crippen molar-refractivity contribution in [2.75, 3.05) is 25.0 Å². The Kier molecular flexibility index (Phi) is 7.49. The van der Waals surface area contributed by atoms with Crippen molar-refractivity contribution in [3.8, 4) is 0 Å². The number of ketones is 1. The molecule has 1 aliphatic rings. The fourth-order valence-corrected chi connectivity index (χ4v) is 4.58. The Hall–Kier alpha value is -3.78. The summed E-state index contributed by atoms with van der Waals surface area (Å²) in [6.45, 7) is 0.390. The molecule has 0 radical (unpaired) electrons. The Bertz CT molecular complexity index is 1180. The highest BCUT2D eigenvalue weighted by Crippen LogP contribution is 2.22. The Labute approximate surface area is 201 Å². The number of anilines is 1. The number of para-hydroxylation sites is 1. The van der Waals surface area contributed by atoms with Crippen LogP contribution in [0.1, 0.15) is 38.4 Å². The first kappa shape index (κ1) is 23.4. The first-order chi connectivity index (χ1) is 16.5. The van der Waals surface area contributed by atoms with Gasteiger partial charge in [0, 0.05) is 24.2 Å². The van der Waals surface area contributed by atoms with Crippen LogP contribution in [0.4, 0.5) is 5.69 Å². The number of hydrogen-bond donors (Lipinski definition) is 1. The summed E-state index contributed by atoms with van der Waals surface area (Å²) in [6, 6.07) is 19.1. The molecule has 2 aromatic carbocycles. The SMILES string of the molecule is O=C(COC(=O)[C@@H]1CCCN(C(=O)c2cccs2)C1)Nc1ccccc1C(=O)c1ccccc1. The minimum absolute atomic E-state index is 0.0927. The summed E-state index contributed by atoms with van der Waals surface area (Å²) in [7, 11) is 0. The molecule has 1 saturated heterocycles. The number of nitrogens with one attached hydrogen (secondary N) is 1. The molecule has 3 aromatic rings. The predicted molar refractivity (Wildman–Crippen MR) is 129 cm³/mol. The minimum atomic E-state index is -0.538. The zero-order chi connectivity index (χ0) is 23.9. The third-order valence-electron chi connectivity index (χ3n) is 5.60. The fourth-order valence-electron chi connectivity index (χ4n) is 3.89. The molecule has 0 unspecified atom stereocenters. The van der Waals surface area contributed by atoms with Crippen LogP contribution >= 0.6 is 11.3 Å². The Balaban J connectivity index is 1.32. The smallest absolute Gasteiger partial charge is 0.311 e. The number of ether oxygens (including phenoxy) is 1. The summed E-state index contributed by atoms with van der Waals surface area (Å²) in [5, 5.41) is 4.51. The number of carbonyl (C=O) groups is 4. The molecule has 2 heterocycles. The number of amides is 2. The van der Waals surface area contributed by atoms with Crippen LogP contribution < -0.4 is 5.32 Å². The lowest BCUT2D eigenvalue weighted by Gasteiger charge is -2.31. The number of nitrogens with zero attached hydrogens (tertiary/aromatic N) is 1. The number of likely N-dealkylation sites (tertiary alicyclic amines) is 1. The number of piperidine rings is 1. The Morgan fingerprint density at radius 2 is 1.74 bits per heavy atom. The van der Waals surface area contributed by atoms with Crippen LogP contribution in [-0.4, -0.2) is 48.2 Å². The summed E-state index contributed by atoms with van der Waals surface area (Å²) >= 11 is 1.37. The maximum atomic E-state index is 12.8. The van der Waals surface area contributed by atoms with Gasteiger partial charge in [-0.2, -0.15) is 0 Å².